The second-order valence-electron chi connectivity index (χ2n) is 11.3. The van der Waals surface area contributed by atoms with Gasteiger partial charge in [-0.05, 0) is 46.2 Å². The second-order valence-corrected chi connectivity index (χ2v) is 12.9. The highest BCUT2D eigenvalue weighted by Gasteiger charge is 2.57. The van der Waals surface area contributed by atoms with E-state index in [1.807, 2.05) is 20.8 Å². The van der Waals surface area contributed by atoms with E-state index in [0.29, 0.717) is 6.61 Å². The second kappa shape index (κ2) is 14.8. The maximum absolute atomic E-state index is 12.6. The van der Waals surface area contributed by atoms with Gasteiger partial charge in [-0.2, -0.15) is 0 Å². The molecule has 0 aromatic heterocycles. The first kappa shape index (κ1) is 31.8. The third-order valence-corrected chi connectivity index (χ3v) is 8.58. The van der Waals surface area contributed by atoms with Gasteiger partial charge < -0.3 is 24.3 Å². The first-order valence-electron chi connectivity index (χ1n) is 14.5. The lowest BCUT2D eigenvalue weighted by Crippen LogP contribution is -2.51. The molecule has 10 heteroatoms. The van der Waals surface area contributed by atoms with Crippen LogP contribution in [0.1, 0.15) is 97.5 Å². The Morgan fingerprint density at radius 2 is 1.51 bits per heavy atom. The Labute approximate surface area is 234 Å². The Kier molecular flexibility index (Phi) is 12.1. The Hall–Kier alpha value is -1.72. The number of fused-ring (bicyclic) bond motifs is 1. The lowest BCUT2D eigenvalue weighted by Gasteiger charge is -2.27. The standard InChI is InChI=1S/C29H48N2O7S/c1-6-7-8-9-10-11-12-13-14-15-20-35-27-26-25(37-29(4,5)38-26)24(36-27)22(3)30-28(32)31-39(33,34)23-18-16-21(2)17-19-23/h16-19,22,24-27H,6-15,20H2,1-5H3,(H2,30,31,32)/t22-,24+,25-,26-,27-/m0/s1. The first-order chi connectivity index (χ1) is 18.5. The molecule has 2 amide bonds. The van der Waals surface area contributed by atoms with Crippen LogP contribution >= 0.6 is 0 Å². The quantitative estimate of drug-likeness (QED) is 0.251. The van der Waals surface area contributed by atoms with E-state index in [0.717, 1.165) is 18.4 Å². The molecule has 1 aromatic carbocycles. The molecule has 0 saturated carbocycles. The molecule has 9 nitrogen and oxygen atoms in total. The lowest BCUT2D eigenvalue weighted by molar-refractivity contribution is -0.235. The largest absolute Gasteiger partial charge is 0.350 e. The molecule has 2 N–H and O–H groups in total. The molecule has 0 unspecified atom stereocenters. The molecule has 0 radical (unpaired) electrons. The van der Waals surface area contributed by atoms with Gasteiger partial charge in [0.1, 0.15) is 18.3 Å². The van der Waals surface area contributed by atoms with Gasteiger partial charge in [0.25, 0.3) is 10.0 Å². The predicted molar refractivity (Wildman–Crippen MR) is 150 cm³/mol. The summed E-state index contributed by atoms with van der Waals surface area (Å²) in [4.78, 5) is 12.6. The number of sulfonamides is 1. The summed E-state index contributed by atoms with van der Waals surface area (Å²) in [5, 5.41) is 2.69. The van der Waals surface area contributed by atoms with E-state index < -0.39 is 52.5 Å². The van der Waals surface area contributed by atoms with Crippen LogP contribution in [0.2, 0.25) is 0 Å². The third-order valence-electron chi connectivity index (χ3n) is 7.24. The van der Waals surface area contributed by atoms with E-state index in [9.17, 15) is 13.2 Å². The molecule has 0 spiro atoms. The number of hydrogen-bond acceptors (Lipinski definition) is 7. The van der Waals surface area contributed by atoms with Crippen LogP contribution in [0.3, 0.4) is 0 Å². The maximum atomic E-state index is 12.6. The summed E-state index contributed by atoms with van der Waals surface area (Å²) in [6, 6.07) is 4.88. The van der Waals surface area contributed by atoms with Crippen LogP contribution in [0.25, 0.3) is 0 Å². The molecule has 39 heavy (non-hydrogen) atoms. The number of hydrogen-bond donors (Lipinski definition) is 2. The number of carbonyl (C=O) groups is 1. The maximum Gasteiger partial charge on any atom is 0.328 e. The number of amides is 2. The molecular formula is C29H48N2O7S. The zero-order valence-corrected chi connectivity index (χ0v) is 25.1. The summed E-state index contributed by atoms with van der Waals surface area (Å²) in [7, 11) is -4.00. The predicted octanol–water partition coefficient (Wildman–Crippen LogP) is 5.55. The summed E-state index contributed by atoms with van der Waals surface area (Å²) < 4.78 is 51.6. The van der Waals surface area contributed by atoms with E-state index in [1.54, 1.807) is 19.1 Å². The number of carbonyl (C=O) groups excluding carboxylic acids is 1. The van der Waals surface area contributed by atoms with Crippen LogP contribution < -0.4 is 10.0 Å². The SMILES string of the molecule is CCCCCCCCCCCCO[C@H]1O[C@H]([C@H](C)NC(=O)NS(=O)(=O)c2ccc(C)cc2)[C@@H]2OC(C)(C)O[C@H]12. The van der Waals surface area contributed by atoms with Crippen molar-refractivity contribution in [3.63, 3.8) is 0 Å². The van der Waals surface area contributed by atoms with Crippen molar-refractivity contribution >= 4 is 16.1 Å². The smallest absolute Gasteiger partial charge is 0.328 e. The van der Waals surface area contributed by atoms with E-state index in [2.05, 4.69) is 17.0 Å². The monoisotopic (exact) mass is 568 g/mol. The number of urea groups is 1. The van der Waals surface area contributed by atoms with Gasteiger partial charge in [-0.3, -0.25) is 0 Å². The van der Waals surface area contributed by atoms with Crippen molar-refractivity contribution in [1.82, 2.24) is 10.0 Å². The number of ether oxygens (including phenoxy) is 4. The summed E-state index contributed by atoms with van der Waals surface area (Å²) in [5.74, 6) is -0.813. The van der Waals surface area contributed by atoms with Crippen LogP contribution in [0.4, 0.5) is 4.79 Å². The Balaban J connectivity index is 1.44. The molecule has 0 aliphatic carbocycles. The fourth-order valence-electron chi connectivity index (χ4n) is 5.13. The van der Waals surface area contributed by atoms with E-state index in [4.69, 9.17) is 18.9 Å². The van der Waals surface area contributed by atoms with Gasteiger partial charge in [-0.1, -0.05) is 82.4 Å². The van der Waals surface area contributed by atoms with Crippen LogP contribution in [0.5, 0.6) is 0 Å². The van der Waals surface area contributed by atoms with Crippen molar-refractivity contribution in [2.24, 2.45) is 0 Å². The Bertz CT molecular complexity index is 999. The highest BCUT2D eigenvalue weighted by atomic mass is 32.2. The molecule has 2 fully saturated rings. The van der Waals surface area contributed by atoms with Crippen molar-refractivity contribution in [3.8, 4) is 0 Å². The Morgan fingerprint density at radius 1 is 0.949 bits per heavy atom. The lowest BCUT2D eigenvalue weighted by atomic mass is 10.1. The third kappa shape index (κ3) is 9.70. The van der Waals surface area contributed by atoms with Gasteiger partial charge in [0.2, 0.25) is 0 Å². The topological polar surface area (TPSA) is 112 Å². The number of nitrogens with one attached hydrogen (secondary N) is 2. The van der Waals surface area contributed by atoms with Gasteiger partial charge in [0.15, 0.2) is 12.1 Å². The summed E-state index contributed by atoms with van der Waals surface area (Å²) >= 11 is 0. The average Bonchev–Trinajstić information content (AvgIpc) is 3.35. The number of aryl methyl sites for hydroxylation is 1. The zero-order chi connectivity index (χ0) is 28.5. The minimum absolute atomic E-state index is 0.0165. The summed E-state index contributed by atoms with van der Waals surface area (Å²) in [6.45, 7) is 10.1. The molecule has 3 rings (SSSR count). The highest BCUT2D eigenvalue weighted by molar-refractivity contribution is 7.90. The van der Waals surface area contributed by atoms with Gasteiger partial charge >= 0.3 is 6.03 Å². The summed E-state index contributed by atoms with van der Waals surface area (Å²) in [6.07, 6.45) is 10.4. The van der Waals surface area contributed by atoms with E-state index >= 15 is 0 Å². The fourth-order valence-corrected chi connectivity index (χ4v) is 6.05. The molecule has 222 valence electrons. The fraction of sp³-hybridized carbons (Fsp3) is 0.759. The van der Waals surface area contributed by atoms with E-state index in [-0.39, 0.29) is 4.90 Å². The zero-order valence-electron chi connectivity index (χ0n) is 24.2. The minimum Gasteiger partial charge on any atom is -0.350 e. The van der Waals surface area contributed by atoms with Crippen LogP contribution in [0, 0.1) is 6.92 Å². The number of rotatable bonds is 16. The molecule has 2 aliphatic heterocycles. The highest BCUT2D eigenvalue weighted by Crippen LogP contribution is 2.40. The van der Waals surface area contributed by atoms with Crippen molar-refractivity contribution < 1.29 is 32.2 Å². The Morgan fingerprint density at radius 3 is 2.13 bits per heavy atom. The molecule has 5 atom stereocenters. The van der Waals surface area contributed by atoms with Crippen LogP contribution in [0.15, 0.2) is 29.2 Å². The minimum atomic E-state index is -4.00. The van der Waals surface area contributed by atoms with Crippen LogP contribution in [-0.2, 0) is 29.0 Å². The van der Waals surface area contributed by atoms with Crippen molar-refractivity contribution in [2.45, 2.75) is 140 Å². The molecule has 2 heterocycles. The molecule has 2 saturated heterocycles. The average molecular weight is 569 g/mol. The van der Waals surface area contributed by atoms with Gasteiger partial charge in [0, 0.05) is 6.61 Å². The van der Waals surface area contributed by atoms with Crippen molar-refractivity contribution in [1.29, 1.82) is 0 Å². The first-order valence-corrected chi connectivity index (χ1v) is 16.0. The van der Waals surface area contributed by atoms with Crippen LogP contribution in [-0.4, -0.2) is 57.5 Å². The van der Waals surface area contributed by atoms with Crippen molar-refractivity contribution in [2.75, 3.05) is 6.61 Å². The summed E-state index contributed by atoms with van der Waals surface area (Å²) in [5.41, 5.74) is 0.923. The van der Waals surface area contributed by atoms with Gasteiger partial charge in [0.05, 0.1) is 10.9 Å². The molecule has 0 bridgehead atoms. The normalized spacial score (nSPS) is 24.8. The van der Waals surface area contributed by atoms with Crippen molar-refractivity contribution in [3.05, 3.63) is 29.8 Å². The number of benzene rings is 1. The van der Waals surface area contributed by atoms with E-state index in [1.165, 1.54) is 63.5 Å². The molecular weight excluding hydrogens is 520 g/mol. The number of unbranched alkanes of at least 4 members (excludes halogenated alkanes) is 9. The molecule has 2 aliphatic rings. The van der Waals surface area contributed by atoms with Gasteiger partial charge in [-0.15, -0.1) is 0 Å². The van der Waals surface area contributed by atoms with Gasteiger partial charge in [-0.25, -0.2) is 17.9 Å². The molecule has 1 aromatic rings.